The Morgan fingerprint density at radius 3 is 2.50 bits per heavy atom. The molecule has 2 aliphatic carbocycles. The van der Waals surface area contributed by atoms with Crippen LogP contribution < -0.4 is 0 Å². The number of rotatable bonds is 3. The molecular formula is C19H23NO4. The van der Waals surface area contributed by atoms with E-state index in [4.69, 9.17) is 0 Å². The van der Waals surface area contributed by atoms with E-state index in [1.165, 1.54) is 0 Å². The van der Waals surface area contributed by atoms with Crippen molar-refractivity contribution in [1.82, 2.24) is 4.90 Å². The Labute approximate surface area is 141 Å². The summed E-state index contributed by atoms with van der Waals surface area (Å²) in [7, 11) is 0. The molecule has 1 aliphatic heterocycles. The van der Waals surface area contributed by atoms with Crippen molar-refractivity contribution in [3.8, 4) is 0 Å². The van der Waals surface area contributed by atoms with E-state index in [-0.39, 0.29) is 23.8 Å². The highest BCUT2D eigenvalue weighted by atomic mass is 16.4. The Morgan fingerprint density at radius 1 is 1.21 bits per heavy atom. The first-order valence-corrected chi connectivity index (χ1v) is 8.71. The molecule has 5 heteroatoms. The minimum atomic E-state index is -1.24. The highest BCUT2D eigenvalue weighted by molar-refractivity contribution is 6.03. The van der Waals surface area contributed by atoms with Gasteiger partial charge < -0.3 is 15.1 Å². The third-order valence-electron chi connectivity index (χ3n) is 6.39. The van der Waals surface area contributed by atoms with Crippen LogP contribution in [-0.4, -0.2) is 40.1 Å². The van der Waals surface area contributed by atoms with Crippen LogP contribution in [0, 0.1) is 10.8 Å². The summed E-state index contributed by atoms with van der Waals surface area (Å²) in [6, 6.07) is 7.79. The van der Waals surface area contributed by atoms with Gasteiger partial charge in [-0.05, 0) is 42.2 Å². The van der Waals surface area contributed by atoms with Crippen molar-refractivity contribution in [2.24, 2.45) is 10.8 Å². The van der Waals surface area contributed by atoms with Crippen LogP contribution in [0.4, 0.5) is 0 Å². The quantitative estimate of drug-likeness (QED) is 0.833. The zero-order valence-corrected chi connectivity index (χ0v) is 13.7. The highest BCUT2D eigenvalue weighted by Gasteiger charge is 2.65. The Kier molecular flexibility index (Phi) is 3.46. The van der Waals surface area contributed by atoms with E-state index in [2.05, 4.69) is 0 Å². The van der Waals surface area contributed by atoms with Crippen molar-refractivity contribution in [2.75, 3.05) is 13.2 Å². The Hall–Kier alpha value is -1.88. The van der Waals surface area contributed by atoms with Gasteiger partial charge in [0, 0.05) is 19.0 Å². The van der Waals surface area contributed by atoms with Crippen LogP contribution >= 0.6 is 0 Å². The lowest BCUT2D eigenvalue weighted by molar-refractivity contribution is -0.187. The minimum absolute atomic E-state index is 0.0369. The highest BCUT2D eigenvalue weighted by Crippen LogP contribution is 2.65. The molecule has 0 radical (unpaired) electrons. The van der Waals surface area contributed by atoms with Crippen LogP contribution in [0.5, 0.6) is 0 Å². The third-order valence-corrected chi connectivity index (χ3v) is 6.39. The van der Waals surface area contributed by atoms with Crippen molar-refractivity contribution >= 4 is 11.9 Å². The second kappa shape index (κ2) is 5.31. The van der Waals surface area contributed by atoms with Gasteiger partial charge in [-0.2, -0.15) is 0 Å². The number of hydrogen-bond acceptors (Lipinski definition) is 3. The van der Waals surface area contributed by atoms with Crippen molar-refractivity contribution in [1.29, 1.82) is 0 Å². The lowest BCUT2D eigenvalue weighted by Crippen LogP contribution is -2.62. The standard InChI is InChI=1S/C19H23NO4/c21-10-14-9-20(8-13-4-1-2-5-15(13)14)16(22)19(17(23)24)11-18(12-19)6-3-7-18/h1-2,4-5,14,21H,3,6-12H2,(H,23,24). The molecule has 24 heavy (non-hydrogen) atoms. The molecule has 1 aromatic carbocycles. The number of carboxylic acid groups (broad SMARTS) is 1. The van der Waals surface area contributed by atoms with Crippen LogP contribution in [0.3, 0.4) is 0 Å². The molecule has 1 amide bonds. The first kappa shape index (κ1) is 15.6. The maximum absolute atomic E-state index is 13.1. The minimum Gasteiger partial charge on any atom is -0.480 e. The van der Waals surface area contributed by atoms with Crippen molar-refractivity contribution < 1.29 is 19.8 Å². The Bertz CT molecular complexity index is 686. The predicted molar refractivity (Wildman–Crippen MR) is 87.3 cm³/mol. The molecule has 2 fully saturated rings. The molecule has 1 aromatic rings. The van der Waals surface area contributed by atoms with Crippen molar-refractivity contribution in [3.63, 3.8) is 0 Å². The van der Waals surface area contributed by atoms with E-state index >= 15 is 0 Å². The molecule has 3 aliphatic rings. The molecule has 1 spiro atoms. The summed E-state index contributed by atoms with van der Waals surface area (Å²) in [6.45, 7) is 0.798. The maximum Gasteiger partial charge on any atom is 0.319 e. The van der Waals surface area contributed by atoms with Gasteiger partial charge in [-0.15, -0.1) is 0 Å². The third kappa shape index (κ3) is 2.10. The number of carbonyl (C=O) groups is 2. The van der Waals surface area contributed by atoms with Crippen molar-refractivity contribution in [3.05, 3.63) is 35.4 Å². The van der Waals surface area contributed by atoms with Gasteiger partial charge >= 0.3 is 5.97 Å². The van der Waals surface area contributed by atoms with Crippen molar-refractivity contribution in [2.45, 2.75) is 44.6 Å². The van der Waals surface area contributed by atoms with Gasteiger partial charge in [0.2, 0.25) is 5.91 Å². The van der Waals surface area contributed by atoms with E-state index in [1.807, 2.05) is 24.3 Å². The SMILES string of the molecule is O=C(O)C1(C(=O)N2Cc3ccccc3C(CO)C2)CC2(CCC2)C1. The van der Waals surface area contributed by atoms with E-state index in [0.717, 1.165) is 30.4 Å². The second-order valence-corrected chi connectivity index (χ2v) is 7.86. The summed E-state index contributed by atoms with van der Waals surface area (Å²) < 4.78 is 0. The molecule has 1 heterocycles. The summed E-state index contributed by atoms with van der Waals surface area (Å²) >= 11 is 0. The van der Waals surface area contributed by atoms with Crippen LogP contribution in [0.25, 0.3) is 0 Å². The molecule has 0 aromatic heterocycles. The molecule has 128 valence electrons. The first-order chi connectivity index (χ1) is 11.5. The van der Waals surface area contributed by atoms with E-state index in [0.29, 0.717) is 25.9 Å². The molecule has 4 rings (SSSR count). The molecule has 2 saturated carbocycles. The largest absolute Gasteiger partial charge is 0.480 e. The number of fused-ring (bicyclic) bond motifs is 1. The monoisotopic (exact) mass is 329 g/mol. The zero-order chi connectivity index (χ0) is 16.9. The van der Waals surface area contributed by atoms with Crippen LogP contribution in [0.15, 0.2) is 24.3 Å². The van der Waals surface area contributed by atoms with Crippen LogP contribution in [0.2, 0.25) is 0 Å². The van der Waals surface area contributed by atoms with Crippen LogP contribution in [0.1, 0.15) is 49.1 Å². The average Bonchev–Trinajstić information content (AvgIpc) is 2.51. The summed E-state index contributed by atoms with van der Waals surface area (Å²) in [5.74, 6) is -1.38. The van der Waals surface area contributed by atoms with Gasteiger partial charge in [0.1, 0.15) is 5.41 Å². The van der Waals surface area contributed by atoms with Gasteiger partial charge in [-0.25, -0.2) is 0 Å². The number of carboxylic acids is 1. The topological polar surface area (TPSA) is 77.8 Å². The number of benzene rings is 1. The number of aliphatic carboxylic acids is 1. The predicted octanol–water partition coefficient (Wildman–Crippen LogP) is 2.14. The number of aliphatic hydroxyl groups is 1. The number of hydrogen-bond donors (Lipinski definition) is 2. The van der Waals surface area contributed by atoms with Crippen LogP contribution in [-0.2, 0) is 16.1 Å². The number of amides is 1. The lowest BCUT2D eigenvalue weighted by atomic mass is 9.45. The molecule has 1 unspecified atom stereocenters. The summed E-state index contributed by atoms with van der Waals surface area (Å²) in [6.07, 6.45) is 4.22. The van der Waals surface area contributed by atoms with E-state index in [1.54, 1.807) is 4.90 Å². The lowest BCUT2D eigenvalue weighted by Gasteiger charge is -2.59. The Balaban J connectivity index is 1.59. The molecular weight excluding hydrogens is 306 g/mol. The zero-order valence-electron chi connectivity index (χ0n) is 13.7. The summed E-state index contributed by atoms with van der Waals surface area (Å²) in [5.41, 5.74) is 0.942. The number of carbonyl (C=O) groups excluding carboxylic acids is 1. The second-order valence-electron chi connectivity index (χ2n) is 7.86. The smallest absolute Gasteiger partial charge is 0.319 e. The fraction of sp³-hybridized carbons (Fsp3) is 0.579. The fourth-order valence-electron chi connectivity index (χ4n) is 4.98. The summed E-state index contributed by atoms with van der Waals surface area (Å²) in [5, 5.41) is 19.5. The maximum atomic E-state index is 13.1. The van der Waals surface area contributed by atoms with Gasteiger partial charge in [0.05, 0.1) is 6.61 Å². The Morgan fingerprint density at radius 2 is 1.92 bits per heavy atom. The fourth-order valence-corrected chi connectivity index (χ4v) is 4.98. The normalized spacial score (nSPS) is 26.2. The first-order valence-electron chi connectivity index (χ1n) is 8.71. The van der Waals surface area contributed by atoms with Gasteiger partial charge in [-0.3, -0.25) is 9.59 Å². The van der Waals surface area contributed by atoms with E-state index < -0.39 is 11.4 Å². The molecule has 1 atom stereocenters. The van der Waals surface area contributed by atoms with Gasteiger partial charge in [0.15, 0.2) is 0 Å². The van der Waals surface area contributed by atoms with Gasteiger partial charge in [0.25, 0.3) is 0 Å². The average molecular weight is 329 g/mol. The molecule has 0 saturated heterocycles. The molecule has 5 nitrogen and oxygen atoms in total. The number of aliphatic hydroxyl groups excluding tert-OH is 1. The molecule has 0 bridgehead atoms. The van der Waals surface area contributed by atoms with E-state index in [9.17, 15) is 19.8 Å². The number of nitrogens with zero attached hydrogens (tertiary/aromatic N) is 1. The summed E-state index contributed by atoms with van der Waals surface area (Å²) in [4.78, 5) is 26.7. The van der Waals surface area contributed by atoms with Gasteiger partial charge in [-0.1, -0.05) is 30.7 Å². The molecule has 2 N–H and O–H groups in total.